The standard InChI is InChI=1S/C9H16N2O6/c1-4(12)7(9(16)17)11-8(15)5(10)2-3-6(13)14/h4-5,7,12H,2-3,10H2,1H3,(H,11,15)(H,13,14)(H,16,17)/t4?,5-,7-/m1/s1. The van der Waals surface area contributed by atoms with Crippen molar-refractivity contribution in [2.24, 2.45) is 5.73 Å². The smallest absolute Gasteiger partial charge is 0.328 e. The molecule has 0 aliphatic carbocycles. The molecule has 0 aromatic carbocycles. The van der Waals surface area contributed by atoms with Crippen molar-refractivity contribution < 1.29 is 29.7 Å². The van der Waals surface area contributed by atoms with Crippen LogP contribution in [0.25, 0.3) is 0 Å². The zero-order valence-corrected chi connectivity index (χ0v) is 9.29. The number of carboxylic acids is 2. The van der Waals surface area contributed by atoms with Gasteiger partial charge in [-0.15, -0.1) is 0 Å². The Kier molecular flexibility index (Phi) is 6.15. The van der Waals surface area contributed by atoms with Gasteiger partial charge in [-0.2, -0.15) is 0 Å². The van der Waals surface area contributed by atoms with E-state index in [2.05, 4.69) is 0 Å². The molecule has 0 spiro atoms. The number of carboxylic acid groups (broad SMARTS) is 2. The second-order valence-electron chi connectivity index (χ2n) is 3.60. The summed E-state index contributed by atoms with van der Waals surface area (Å²) in [7, 11) is 0. The van der Waals surface area contributed by atoms with Crippen molar-refractivity contribution >= 4 is 17.8 Å². The molecular weight excluding hydrogens is 232 g/mol. The van der Waals surface area contributed by atoms with E-state index in [0.29, 0.717) is 0 Å². The molecule has 0 saturated heterocycles. The van der Waals surface area contributed by atoms with Crippen LogP contribution in [0.2, 0.25) is 0 Å². The Balaban J connectivity index is 4.31. The Morgan fingerprint density at radius 1 is 1.29 bits per heavy atom. The van der Waals surface area contributed by atoms with E-state index in [1.165, 1.54) is 6.92 Å². The molecule has 0 aliphatic heterocycles. The van der Waals surface area contributed by atoms with E-state index in [1.807, 2.05) is 5.32 Å². The summed E-state index contributed by atoms with van der Waals surface area (Å²) in [6.07, 6.45) is -1.67. The van der Waals surface area contributed by atoms with Crippen LogP contribution in [0.3, 0.4) is 0 Å². The summed E-state index contributed by atoms with van der Waals surface area (Å²) < 4.78 is 0. The van der Waals surface area contributed by atoms with Crippen LogP contribution < -0.4 is 11.1 Å². The average molecular weight is 248 g/mol. The van der Waals surface area contributed by atoms with E-state index < -0.39 is 36.0 Å². The minimum atomic E-state index is -1.46. The molecule has 1 amide bonds. The largest absolute Gasteiger partial charge is 0.481 e. The lowest BCUT2D eigenvalue weighted by atomic mass is 10.1. The van der Waals surface area contributed by atoms with E-state index in [9.17, 15) is 14.4 Å². The molecule has 0 fully saturated rings. The monoisotopic (exact) mass is 248 g/mol. The number of nitrogens with one attached hydrogen (secondary N) is 1. The minimum Gasteiger partial charge on any atom is -0.481 e. The van der Waals surface area contributed by atoms with Gasteiger partial charge in [-0.1, -0.05) is 0 Å². The van der Waals surface area contributed by atoms with Gasteiger partial charge in [-0.25, -0.2) is 4.79 Å². The summed E-state index contributed by atoms with van der Waals surface area (Å²) in [5, 5.41) is 28.2. The summed E-state index contributed by atoms with van der Waals surface area (Å²) in [5.41, 5.74) is 5.36. The number of aliphatic carboxylic acids is 2. The summed E-state index contributed by atoms with van der Waals surface area (Å²) in [5.74, 6) is -3.29. The molecule has 0 rings (SSSR count). The molecule has 98 valence electrons. The van der Waals surface area contributed by atoms with Crippen LogP contribution >= 0.6 is 0 Å². The fraction of sp³-hybridized carbons (Fsp3) is 0.667. The zero-order valence-electron chi connectivity index (χ0n) is 9.29. The van der Waals surface area contributed by atoms with Crippen LogP contribution in [0.4, 0.5) is 0 Å². The third-order valence-electron chi connectivity index (χ3n) is 2.05. The lowest BCUT2D eigenvalue weighted by Gasteiger charge is -2.19. The number of rotatable bonds is 7. The van der Waals surface area contributed by atoms with E-state index >= 15 is 0 Å². The molecule has 0 saturated carbocycles. The Hall–Kier alpha value is -1.67. The number of hydrogen-bond acceptors (Lipinski definition) is 5. The van der Waals surface area contributed by atoms with Gasteiger partial charge >= 0.3 is 11.9 Å². The first-order chi connectivity index (χ1) is 7.75. The SMILES string of the molecule is CC(O)[C@@H](NC(=O)[C@H](N)CCC(=O)O)C(=O)O. The van der Waals surface area contributed by atoms with Gasteiger partial charge in [0.05, 0.1) is 12.1 Å². The van der Waals surface area contributed by atoms with Gasteiger partial charge < -0.3 is 26.4 Å². The summed E-state index contributed by atoms with van der Waals surface area (Å²) in [6.45, 7) is 1.21. The number of amides is 1. The van der Waals surface area contributed by atoms with Gasteiger partial charge in [0.15, 0.2) is 6.04 Å². The van der Waals surface area contributed by atoms with Gasteiger partial charge in [-0.3, -0.25) is 9.59 Å². The maximum absolute atomic E-state index is 11.4. The highest BCUT2D eigenvalue weighted by Crippen LogP contribution is 1.98. The normalized spacial score (nSPS) is 15.7. The van der Waals surface area contributed by atoms with Crippen LogP contribution in [0.15, 0.2) is 0 Å². The summed E-state index contributed by atoms with van der Waals surface area (Å²) >= 11 is 0. The molecule has 8 nitrogen and oxygen atoms in total. The van der Waals surface area contributed by atoms with Gasteiger partial charge in [-0.05, 0) is 13.3 Å². The van der Waals surface area contributed by atoms with Crippen LogP contribution in [0, 0.1) is 0 Å². The fourth-order valence-electron chi connectivity index (χ4n) is 1.06. The number of carbonyl (C=O) groups is 3. The number of aliphatic hydroxyl groups is 1. The first kappa shape index (κ1) is 15.3. The molecule has 17 heavy (non-hydrogen) atoms. The molecule has 1 unspecified atom stereocenters. The Morgan fingerprint density at radius 3 is 2.18 bits per heavy atom. The van der Waals surface area contributed by atoms with E-state index in [1.54, 1.807) is 0 Å². The molecule has 0 bridgehead atoms. The predicted octanol–water partition coefficient (Wildman–Crippen LogP) is -1.87. The van der Waals surface area contributed by atoms with Crippen molar-refractivity contribution in [3.8, 4) is 0 Å². The van der Waals surface area contributed by atoms with Crippen LogP contribution in [-0.4, -0.2) is 51.4 Å². The second kappa shape index (κ2) is 6.81. The predicted molar refractivity (Wildman–Crippen MR) is 56.1 cm³/mol. The molecule has 0 aromatic rings. The third-order valence-corrected chi connectivity index (χ3v) is 2.05. The molecule has 0 aromatic heterocycles. The molecular formula is C9H16N2O6. The van der Waals surface area contributed by atoms with Crippen molar-refractivity contribution in [3.05, 3.63) is 0 Å². The van der Waals surface area contributed by atoms with Crippen molar-refractivity contribution in [3.63, 3.8) is 0 Å². The van der Waals surface area contributed by atoms with Crippen molar-refractivity contribution in [2.75, 3.05) is 0 Å². The van der Waals surface area contributed by atoms with Crippen molar-refractivity contribution in [2.45, 2.75) is 38.0 Å². The van der Waals surface area contributed by atoms with Gasteiger partial charge in [0.2, 0.25) is 5.91 Å². The maximum Gasteiger partial charge on any atom is 0.328 e. The Bertz CT molecular complexity index is 304. The number of nitrogens with two attached hydrogens (primary N) is 1. The second-order valence-corrected chi connectivity index (χ2v) is 3.60. The lowest BCUT2D eigenvalue weighted by Crippen LogP contribution is -2.52. The van der Waals surface area contributed by atoms with E-state index in [4.69, 9.17) is 21.1 Å². The Labute approximate surface area is 97.4 Å². The molecule has 0 aliphatic rings. The molecule has 3 atom stereocenters. The molecule has 8 heteroatoms. The Morgan fingerprint density at radius 2 is 1.82 bits per heavy atom. The summed E-state index contributed by atoms with van der Waals surface area (Å²) in [4.78, 5) is 32.3. The van der Waals surface area contributed by atoms with Gasteiger partial charge in [0, 0.05) is 6.42 Å². The number of aliphatic hydroxyl groups excluding tert-OH is 1. The minimum absolute atomic E-state index is 0.104. The van der Waals surface area contributed by atoms with Crippen LogP contribution in [0.1, 0.15) is 19.8 Å². The topological polar surface area (TPSA) is 150 Å². The molecule has 0 heterocycles. The van der Waals surface area contributed by atoms with Crippen molar-refractivity contribution in [1.29, 1.82) is 0 Å². The highest BCUT2D eigenvalue weighted by atomic mass is 16.4. The van der Waals surface area contributed by atoms with E-state index in [0.717, 1.165) is 0 Å². The third kappa shape index (κ3) is 5.83. The first-order valence-electron chi connectivity index (χ1n) is 4.94. The lowest BCUT2D eigenvalue weighted by molar-refractivity contribution is -0.145. The fourth-order valence-corrected chi connectivity index (χ4v) is 1.06. The number of carbonyl (C=O) groups excluding carboxylic acids is 1. The van der Waals surface area contributed by atoms with Crippen LogP contribution in [-0.2, 0) is 14.4 Å². The summed E-state index contributed by atoms with van der Waals surface area (Å²) in [6, 6.07) is -2.58. The zero-order chi connectivity index (χ0) is 13.6. The first-order valence-corrected chi connectivity index (χ1v) is 4.94. The highest BCUT2D eigenvalue weighted by Gasteiger charge is 2.27. The average Bonchev–Trinajstić information content (AvgIpc) is 2.20. The van der Waals surface area contributed by atoms with Crippen LogP contribution in [0.5, 0.6) is 0 Å². The van der Waals surface area contributed by atoms with E-state index in [-0.39, 0.29) is 12.8 Å². The highest BCUT2D eigenvalue weighted by molar-refractivity contribution is 5.87. The van der Waals surface area contributed by atoms with Gasteiger partial charge in [0.1, 0.15) is 0 Å². The van der Waals surface area contributed by atoms with Crippen molar-refractivity contribution in [1.82, 2.24) is 5.32 Å². The molecule has 6 N–H and O–H groups in total. The van der Waals surface area contributed by atoms with Gasteiger partial charge in [0.25, 0.3) is 0 Å². The maximum atomic E-state index is 11.4. The number of hydrogen-bond donors (Lipinski definition) is 5. The quantitative estimate of drug-likeness (QED) is 0.354. The molecule has 0 radical (unpaired) electrons.